The van der Waals surface area contributed by atoms with Crippen LogP contribution in [0, 0.1) is 0 Å². The third-order valence-corrected chi connectivity index (χ3v) is 4.63. The summed E-state index contributed by atoms with van der Waals surface area (Å²) in [6.45, 7) is 10.9. The van der Waals surface area contributed by atoms with Gasteiger partial charge in [-0.15, -0.1) is 0 Å². The zero-order valence-corrected chi connectivity index (χ0v) is 17.0. The van der Waals surface area contributed by atoms with Crippen molar-refractivity contribution in [3.05, 3.63) is 59.7 Å². The third kappa shape index (κ3) is 5.19. The molecule has 2 rings (SSSR count). The number of hydrogen-bond acceptors (Lipinski definition) is 2. The predicted molar refractivity (Wildman–Crippen MR) is 112 cm³/mol. The molecule has 0 bridgehead atoms. The highest BCUT2D eigenvalue weighted by Crippen LogP contribution is 2.32. The molecule has 4 nitrogen and oxygen atoms in total. The molecular weight excluding hydrogens is 336 g/mol. The van der Waals surface area contributed by atoms with E-state index in [-0.39, 0.29) is 30.1 Å². The fourth-order valence-corrected chi connectivity index (χ4v) is 3.22. The molecule has 27 heavy (non-hydrogen) atoms. The molecule has 0 saturated carbocycles. The summed E-state index contributed by atoms with van der Waals surface area (Å²) in [4.78, 5) is 27.0. The largest absolute Gasteiger partial charge is 0.325 e. The average molecular weight is 367 g/mol. The summed E-state index contributed by atoms with van der Waals surface area (Å²) in [5, 5.41) is 3.02. The lowest BCUT2D eigenvalue weighted by Crippen LogP contribution is -2.33. The van der Waals surface area contributed by atoms with Gasteiger partial charge in [-0.1, -0.05) is 64.1 Å². The maximum Gasteiger partial charge on any atom is 0.236 e. The first-order chi connectivity index (χ1) is 12.8. The number of nitrogens with zero attached hydrogens (tertiary/aromatic N) is 1. The Kier molecular flexibility index (Phi) is 7.17. The van der Waals surface area contributed by atoms with E-state index in [4.69, 9.17) is 0 Å². The molecule has 0 radical (unpaired) electrons. The van der Waals surface area contributed by atoms with Gasteiger partial charge in [0.15, 0.2) is 0 Å². The quantitative estimate of drug-likeness (QED) is 0.675. The number of benzene rings is 2. The molecule has 4 heteroatoms. The monoisotopic (exact) mass is 366 g/mol. The van der Waals surface area contributed by atoms with Crippen molar-refractivity contribution in [1.82, 2.24) is 0 Å². The summed E-state index contributed by atoms with van der Waals surface area (Å²) in [6.07, 6.45) is -0.174. The molecule has 0 atom stereocenters. The third-order valence-electron chi connectivity index (χ3n) is 4.63. The highest BCUT2D eigenvalue weighted by molar-refractivity contribution is 6.09. The van der Waals surface area contributed by atoms with Crippen molar-refractivity contribution in [3.8, 4) is 0 Å². The normalized spacial score (nSPS) is 10.9. The Morgan fingerprint density at radius 3 is 1.93 bits per heavy atom. The number of anilines is 2. The lowest BCUT2D eigenvalue weighted by molar-refractivity contribution is -0.125. The van der Waals surface area contributed by atoms with Crippen LogP contribution in [0.1, 0.15) is 64.0 Å². The topological polar surface area (TPSA) is 49.4 Å². The van der Waals surface area contributed by atoms with Gasteiger partial charge in [-0.3, -0.25) is 9.59 Å². The van der Waals surface area contributed by atoms with Crippen molar-refractivity contribution >= 4 is 23.2 Å². The second-order valence-electron chi connectivity index (χ2n) is 7.32. The number of nitrogens with one attached hydrogen (secondary N) is 1. The molecule has 2 amide bonds. The maximum absolute atomic E-state index is 12.7. The minimum Gasteiger partial charge on any atom is -0.325 e. The lowest BCUT2D eigenvalue weighted by atomic mass is 9.92. The van der Waals surface area contributed by atoms with Gasteiger partial charge in [-0.05, 0) is 42.0 Å². The van der Waals surface area contributed by atoms with Crippen LogP contribution in [-0.4, -0.2) is 18.4 Å². The molecule has 1 N–H and O–H groups in total. The highest BCUT2D eigenvalue weighted by atomic mass is 16.2. The van der Waals surface area contributed by atoms with E-state index in [1.54, 1.807) is 4.90 Å². The molecule has 0 fully saturated rings. The molecule has 0 aromatic heterocycles. The van der Waals surface area contributed by atoms with Crippen molar-refractivity contribution in [2.45, 2.75) is 52.9 Å². The Hall–Kier alpha value is -2.62. The van der Waals surface area contributed by atoms with Gasteiger partial charge in [0, 0.05) is 17.9 Å². The number of carbonyl (C=O) groups is 2. The second kappa shape index (κ2) is 9.36. The molecule has 0 unspecified atom stereocenters. The summed E-state index contributed by atoms with van der Waals surface area (Å²) in [7, 11) is 0. The van der Waals surface area contributed by atoms with Crippen LogP contribution in [0.3, 0.4) is 0 Å². The molecule has 2 aromatic carbocycles. The molecule has 144 valence electrons. The zero-order valence-electron chi connectivity index (χ0n) is 17.0. The van der Waals surface area contributed by atoms with Crippen molar-refractivity contribution in [2.24, 2.45) is 0 Å². The minimum absolute atomic E-state index is 0.174. The van der Waals surface area contributed by atoms with Gasteiger partial charge in [0.25, 0.3) is 0 Å². The first-order valence-corrected chi connectivity index (χ1v) is 9.63. The molecule has 0 saturated heterocycles. The van der Waals surface area contributed by atoms with Crippen LogP contribution in [0.15, 0.2) is 48.5 Å². The first-order valence-electron chi connectivity index (χ1n) is 9.63. The number of amides is 2. The molecule has 0 heterocycles. The van der Waals surface area contributed by atoms with Gasteiger partial charge in [0.2, 0.25) is 11.8 Å². The van der Waals surface area contributed by atoms with Crippen molar-refractivity contribution in [3.63, 3.8) is 0 Å². The van der Waals surface area contributed by atoms with Gasteiger partial charge >= 0.3 is 0 Å². The smallest absolute Gasteiger partial charge is 0.236 e. The van der Waals surface area contributed by atoms with Crippen LogP contribution in [0.4, 0.5) is 11.4 Å². The van der Waals surface area contributed by atoms with E-state index in [9.17, 15) is 9.59 Å². The van der Waals surface area contributed by atoms with E-state index in [0.29, 0.717) is 6.54 Å². The summed E-state index contributed by atoms with van der Waals surface area (Å²) in [5.41, 5.74) is 3.85. The molecule has 2 aromatic rings. The van der Waals surface area contributed by atoms with Crippen LogP contribution in [0.25, 0.3) is 0 Å². The average Bonchev–Trinajstić information content (AvgIpc) is 2.62. The number of hydrogen-bond donors (Lipinski definition) is 1. The van der Waals surface area contributed by atoms with Crippen LogP contribution in [-0.2, 0) is 9.59 Å². The second-order valence-corrected chi connectivity index (χ2v) is 7.32. The van der Waals surface area contributed by atoms with Crippen LogP contribution < -0.4 is 10.2 Å². The Morgan fingerprint density at radius 2 is 1.44 bits per heavy atom. The minimum atomic E-state index is -0.274. The Bertz CT molecular complexity index is 756. The summed E-state index contributed by atoms with van der Waals surface area (Å²) < 4.78 is 0. The zero-order chi connectivity index (χ0) is 20.0. The molecule has 0 aliphatic carbocycles. The van der Waals surface area contributed by atoms with E-state index < -0.39 is 0 Å². The van der Waals surface area contributed by atoms with Crippen LogP contribution in [0.2, 0.25) is 0 Å². The summed E-state index contributed by atoms with van der Waals surface area (Å²) in [5.74, 6) is 0.0935. The first kappa shape index (κ1) is 20.7. The van der Waals surface area contributed by atoms with Gasteiger partial charge in [-0.25, -0.2) is 0 Å². The number of para-hydroxylation sites is 2. The Morgan fingerprint density at radius 1 is 0.889 bits per heavy atom. The Balaban J connectivity index is 2.19. The molecule has 0 spiro atoms. The predicted octanol–water partition coefficient (Wildman–Crippen LogP) is 5.32. The Labute approximate surface area is 162 Å². The van der Waals surface area contributed by atoms with Gasteiger partial charge < -0.3 is 10.2 Å². The molecule has 0 aliphatic heterocycles. The summed E-state index contributed by atoms with van der Waals surface area (Å²) >= 11 is 0. The number of rotatable bonds is 7. The van der Waals surface area contributed by atoms with E-state index in [2.05, 4.69) is 33.0 Å². The standard InChI is InChI=1S/C23H30N2O2/c1-6-25(18-11-8-7-9-12-18)22(27)15-21(26)24-23-19(16(2)3)13-10-14-20(23)17(4)5/h7-14,16-17H,6,15H2,1-5H3,(H,24,26). The van der Waals surface area contributed by atoms with E-state index in [1.165, 1.54) is 0 Å². The fraction of sp³-hybridized carbons (Fsp3) is 0.391. The molecular formula is C23H30N2O2. The SMILES string of the molecule is CCN(C(=O)CC(=O)Nc1c(C(C)C)cccc1C(C)C)c1ccccc1. The van der Waals surface area contributed by atoms with E-state index in [1.807, 2.05) is 55.5 Å². The molecule has 0 aliphatic rings. The fourth-order valence-electron chi connectivity index (χ4n) is 3.22. The van der Waals surface area contributed by atoms with Gasteiger partial charge in [-0.2, -0.15) is 0 Å². The van der Waals surface area contributed by atoms with Crippen LogP contribution in [0.5, 0.6) is 0 Å². The van der Waals surface area contributed by atoms with Gasteiger partial charge in [0.05, 0.1) is 0 Å². The van der Waals surface area contributed by atoms with Crippen molar-refractivity contribution < 1.29 is 9.59 Å². The maximum atomic E-state index is 12.7. The van der Waals surface area contributed by atoms with Crippen molar-refractivity contribution in [1.29, 1.82) is 0 Å². The lowest BCUT2D eigenvalue weighted by Gasteiger charge is -2.22. The highest BCUT2D eigenvalue weighted by Gasteiger charge is 2.20. The van der Waals surface area contributed by atoms with Crippen molar-refractivity contribution in [2.75, 3.05) is 16.8 Å². The van der Waals surface area contributed by atoms with E-state index in [0.717, 1.165) is 22.5 Å². The van der Waals surface area contributed by atoms with Gasteiger partial charge in [0.1, 0.15) is 6.42 Å². The summed E-state index contributed by atoms with van der Waals surface area (Å²) in [6, 6.07) is 15.5. The van der Waals surface area contributed by atoms with E-state index >= 15 is 0 Å². The van der Waals surface area contributed by atoms with Crippen LogP contribution >= 0.6 is 0 Å². The number of carbonyl (C=O) groups excluding carboxylic acids is 2.